The molecule has 0 aliphatic carbocycles. The van der Waals surface area contributed by atoms with E-state index in [4.69, 9.17) is 29.6 Å². The van der Waals surface area contributed by atoms with Gasteiger partial charge in [0.25, 0.3) is 0 Å². The molecule has 0 radical (unpaired) electrons. The first-order valence-corrected chi connectivity index (χ1v) is 6.64. The predicted octanol–water partition coefficient (Wildman–Crippen LogP) is 1.51. The van der Waals surface area contributed by atoms with Crippen molar-refractivity contribution in [2.75, 3.05) is 5.88 Å². The molecule has 0 saturated carbocycles. The standard InChI is InChI=1S/C11H16ClN3O2S/c1-2-7(10(13)16)8-6-9(18)15(5-3-4-12)11(17)14-8/h6-7H,2-5H2,1H3,(H2,13,16)(H,14,17). The largest absolute Gasteiger partial charge is 0.369 e. The molecule has 0 bridgehead atoms. The van der Waals surface area contributed by atoms with Gasteiger partial charge >= 0.3 is 5.69 Å². The minimum atomic E-state index is -0.512. The van der Waals surface area contributed by atoms with Gasteiger partial charge in [0.15, 0.2) is 0 Å². The van der Waals surface area contributed by atoms with Gasteiger partial charge in [-0.15, -0.1) is 11.6 Å². The van der Waals surface area contributed by atoms with Crippen LogP contribution in [-0.4, -0.2) is 21.3 Å². The van der Waals surface area contributed by atoms with Crippen molar-refractivity contribution in [3.63, 3.8) is 0 Å². The van der Waals surface area contributed by atoms with Gasteiger partial charge in [-0.2, -0.15) is 0 Å². The Morgan fingerprint density at radius 1 is 1.67 bits per heavy atom. The minimum absolute atomic E-state index is 0.331. The monoisotopic (exact) mass is 289 g/mol. The van der Waals surface area contributed by atoms with Crippen LogP contribution in [0.15, 0.2) is 10.9 Å². The summed E-state index contributed by atoms with van der Waals surface area (Å²) in [5.74, 6) is -0.523. The Morgan fingerprint density at radius 2 is 2.33 bits per heavy atom. The number of hydrogen-bond acceptors (Lipinski definition) is 3. The van der Waals surface area contributed by atoms with E-state index in [0.29, 0.717) is 35.6 Å². The van der Waals surface area contributed by atoms with E-state index in [9.17, 15) is 9.59 Å². The summed E-state index contributed by atoms with van der Waals surface area (Å²) in [7, 11) is 0. The summed E-state index contributed by atoms with van der Waals surface area (Å²) in [4.78, 5) is 25.8. The molecule has 3 N–H and O–H groups in total. The summed E-state index contributed by atoms with van der Waals surface area (Å²) in [6, 6.07) is 1.61. The fraction of sp³-hybridized carbons (Fsp3) is 0.545. The van der Waals surface area contributed by atoms with E-state index in [1.54, 1.807) is 6.07 Å². The first-order chi connectivity index (χ1) is 8.51. The normalized spacial score (nSPS) is 12.3. The van der Waals surface area contributed by atoms with Crippen molar-refractivity contribution in [3.05, 3.63) is 26.9 Å². The van der Waals surface area contributed by atoms with E-state index in [-0.39, 0.29) is 5.69 Å². The van der Waals surface area contributed by atoms with Crippen LogP contribution < -0.4 is 11.4 Å². The third kappa shape index (κ3) is 3.43. The summed E-state index contributed by atoms with van der Waals surface area (Å²) >= 11 is 10.7. The molecule has 0 aromatic carbocycles. The second-order valence-electron chi connectivity index (χ2n) is 3.93. The van der Waals surface area contributed by atoms with Crippen molar-refractivity contribution in [2.45, 2.75) is 32.2 Å². The van der Waals surface area contributed by atoms with Gasteiger partial charge in [-0.1, -0.05) is 19.1 Å². The molecule has 1 unspecified atom stereocenters. The molecule has 1 rings (SSSR count). The second-order valence-corrected chi connectivity index (χ2v) is 4.72. The predicted molar refractivity (Wildman–Crippen MR) is 73.5 cm³/mol. The van der Waals surface area contributed by atoms with E-state index in [2.05, 4.69) is 4.98 Å². The Kier molecular flexibility index (Phi) is 5.55. The van der Waals surface area contributed by atoms with Gasteiger partial charge in [0.05, 0.1) is 5.92 Å². The van der Waals surface area contributed by atoms with E-state index < -0.39 is 11.8 Å². The number of carbonyl (C=O) groups excluding carboxylic acids is 1. The summed E-state index contributed by atoms with van der Waals surface area (Å²) in [5, 5.41) is 0. The highest BCUT2D eigenvalue weighted by Crippen LogP contribution is 2.15. The maximum Gasteiger partial charge on any atom is 0.326 e. The molecule has 1 aromatic heterocycles. The van der Waals surface area contributed by atoms with E-state index >= 15 is 0 Å². The number of hydrogen-bond donors (Lipinski definition) is 2. The molecule has 0 aliphatic heterocycles. The summed E-state index contributed by atoms with van der Waals surface area (Å²) in [5.41, 5.74) is 5.42. The molecule has 1 heterocycles. The van der Waals surface area contributed by atoms with Crippen molar-refractivity contribution in [1.82, 2.24) is 9.55 Å². The van der Waals surface area contributed by atoms with Crippen LogP contribution in [0, 0.1) is 4.64 Å². The molecule has 1 amide bonds. The Hall–Kier alpha value is -1.14. The highest BCUT2D eigenvalue weighted by molar-refractivity contribution is 7.71. The highest BCUT2D eigenvalue weighted by Gasteiger charge is 2.17. The number of H-pyrrole nitrogens is 1. The lowest BCUT2D eigenvalue weighted by Crippen LogP contribution is -2.29. The number of carbonyl (C=O) groups is 1. The smallest absolute Gasteiger partial charge is 0.326 e. The van der Waals surface area contributed by atoms with Crippen molar-refractivity contribution in [2.24, 2.45) is 5.73 Å². The van der Waals surface area contributed by atoms with Gasteiger partial charge in [0, 0.05) is 18.1 Å². The first kappa shape index (κ1) is 14.9. The van der Waals surface area contributed by atoms with Crippen LogP contribution in [0.3, 0.4) is 0 Å². The quantitative estimate of drug-likeness (QED) is 0.615. The number of halogens is 1. The lowest BCUT2D eigenvalue weighted by atomic mass is 10.0. The maximum atomic E-state index is 11.9. The molecular formula is C11H16ClN3O2S. The zero-order valence-electron chi connectivity index (χ0n) is 10.1. The molecule has 18 heavy (non-hydrogen) atoms. The van der Waals surface area contributed by atoms with E-state index in [0.717, 1.165) is 0 Å². The summed E-state index contributed by atoms with van der Waals surface area (Å²) in [6.07, 6.45) is 1.18. The molecule has 5 nitrogen and oxygen atoms in total. The average molecular weight is 290 g/mol. The zero-order valence-corrected chi connectivity index (χ0v) is 11.7. The maximum absolute atomic E-state index is 11.9. The number of alkyl halides is 1. The van der Waals surface area contributed by atoms with Crippen LogP contribution in [0.5, 0.6) is 0 Å². The number of nitrogens with zero attached hydrogens (tertiary/aromatic N) is 1. The fourth-order valence-corrected chi connectivity index (χ4v) is 2.15. The third-order valence-electron chi connectivity index (χ3n) is 2.68. The molecule has 1 atom stereocenters. The van der Waals surface area contributed by atoms with Crippen molar-refractivity contribution in [3.8, 4) is 0 Å². The van der Waals surface area contributed by atoms with Gasteiger partial charge in [0.1, 0.15) is 4.64 Å². The fourth-order valence-electron chi connectivity index (χ4n) is 1.73. The minimum Gasteiger partial charge on any atom is -0.369 e. The molecule has 100 valence electrons. The molecule has 7 heteroatoms. The van der Waals surface area contributed by atoms with Crippen LogP contribution >= 0.6 is 23.8 Å². The Morgan fingerprint density at radius 3 is 2.78 bits per heavy atom. The molecule has 0 spiro atoms. The molecule has 1 aromatic rings. The molecule has 0 saturated heterocycles. The number of primary amides is 1. The topological polar surface area (TPSA) is 80.9 Å². The van der Waals surface area contributed by atoms with Crippen molar-refractivity contribution < 1.29 is 4.79 Å². The SMILES string of the molecule is CCC(C(N)=O)c1cc(=S)n(CCCCl)c(=O)[nH]1. The van der Waals surface area contributed by atoms with Crippen LogP contribution in [0.2, 0.25) is 0 Å². The molecule has 0 aliphatic rings. The number of nitrogens with one attached hydrogen (secondary N) is 1. The van der Waals surface area contributed by atoms with E-state index in [1.165, 1.54) is 4.57 Å². The lowest BCUT2D eigenvalue weighted by molar-refractivity contribution is -0.119. The molecule has 0 fully saturated rings. The summed E-state index contributed by atoms with van der Waals surface area (Å²) < 4.78 is 1.81. The Balaban J connectivity index is 3.17. The first-order valence-electron chi connectivity index (χ1n) is 5.70. The number of aromatic nitrogens is 2. The second kappa shape index (κ2) is 6.70. The van der Waals surface area contributed by atoms with Gasteiger partial charge < -0.3 is 10.7 Å². The van der Waals surface area contributed by atoms with E-state index in [1.807, 2.05) is 6.92 Å². The van der Waals surface area contributed by atoms with Gasteiger partial charge in [-0.05, 0) is 18.9 Å². The van der Waals surface area contributed by atoms with Crippen LogP contribution in [0.25, 0.3) is 0 Å². The van der Waals surface area contributed by atoms with Gasteiger partial charge in [-0.25, -0.2) is 4.79 Å². The van der Waals surface area contributed by atoms with Crippen LogP contribution in [0.1, 0.15) is 31.4 Å². The van der Waals surface area contributed by atoms with Crippen LogP contribution in [0.4, 0.5) is 0 Å². The van der Waals surface area contributed by atoms with Crippen molar-refractivity contribution in [1.29, 1.82) is 0 Å². The van der Waals surface area contributed by atoms with Gasteiger partial charge in [0.2, 0.25) is 5.91 Å². The number of nitrogens with two attached hydrogens (primary N) is 1. The number of rotatable bonds is 6. The Labute approximate surface area is 115 Å². The number of aromatic amines is 1. The van der Waals surface area contributed by atoms with Crippen molar-refractivity contribution >= 4 is 29.7 Å². The van der Waals surface area contributed by atoms with Crippen LogP contribution in [-0.2, 0) is 11.3 Å². The average Bonchev–Trinajstić information content (AvgIpc) is 2.28. The zero-order chi connectivity index (χ0) is 13.7. The Bertz CT molecular complexity index is 507. The lowest BCUT2D eigenvalue weighted by Gasteiger charge is -2.12. The third-order valence-corrected chi connectivity index (χ3v) is 3.29. The number of amides is 1. The highest BCUT2D eigenvalue weighted by atomic mass is 35.5. The van der Waals surface area contributed by atoms with Gasteiger partial charge in [-0.3, -0.25) is 9.36 Å². The molecular weight excluding hydrogens is 274 g/mol. The summed E-state index contributed by atoms with van der Waals surface area (Å²) in [6.45, 7) is 2.29.